The maximum Gasteiger partial charge on any atom is 0.265 e. The Morgan fingerprint density at radius 1 is 1.00 bits per heavy atom. The number of hydrogen-bond donors (Lipinski definition) is 2. The molecule has 1 aromatic carbocycles. The van der Waals surface area contributed by atoms with E-state index in [4.69, 9.17) is 0 Å². The number of amides is 2. The molecule has 1 aliphatic carbocycles. The highest BCUT2D eigenvalue weighted by molar-refractivity contribution is 7.14. The highest BCUT2D eigenvalue weighted by Gasteiger charge is 2.18. The highest BCUT2D eigenvalue weighted by Crippen LogP contribution is 2.29. The Hall–Kier alpha value is -2.14. The highest BCUT2D eigenvalue weighted by atomic mass is 32.1. The Bertz CT molecular complexity index is 726. The number of benzene rings is 1. The fourth-order valence-corrected chi connectivity index (χ4v) is 4.21. The van der Waals surface area contributed by atoms with Crippen molar-refractivity contribution in [3.05, 3.63) is 51.2 Å². The van der Waals surface area contributed by atoms with Gasteiger partial charge in [0.25, 0.3) is 11.8 Å². The van der Waals surface area contributed by atoms with Crippen LogP contribution in [0.3, 0.4) is 0 Å². The number of thiophene rings is 1. The molecule has 0 fully saturated rings. The summed E-state index contributed by atoms with van der Waals surface area (Å²) in [6, 6.07) is 9.10. The molecular formula is C19H22N2O2S. The van der Waals surface area contributed by atoms with E-state index in [1.807, 2.05) is 12.1 Å². The topological polar surface area (TPSA) is 58.2 Å². The predicted octanol–water partition coefficient (Wildman–Crippen LogP) is 4.02. The maximum atomic E-state index is 12.6. The monoisotopic (exact) mass is 342 g/mol. The van der Waals surface area contributed by atoms with Gasteiger partial charge in [-0.1, -0.05) is 25.0 Å². The zero-order valence-corrected chi connectivity index (χ0v) is 14.7. The number of fused-ring (bicyclic) bond motifs is 1. The average Bonchev–Trinajstić information content (AvgIpc) is 2.97. The van der Waals surface area contributed by atoms with E-state index >= 15 is 0 Å². The van der Waals surface area contributed by atoms with Crippen LogP contribution in [0.25, 0.3) is 0 Å². The molecule has 2 amide bonds. The van der Waals surface area contributed by atoms with E-state index in [9.17, 15) is 9.59 Å². The smallest absolute Gasteiger partial charge is 0.265 e. The van der Waals surface area contributed by atoms with Gasteiger partial charge >= 0.3 is 0 Å². The quantitative estimate of drug-likeness (QED) is 0.885. The lowest BCUT2D eigenvalue weighted by molar-refractivity contribution is 0.0964. The second kappa shape index (κ2) is 7.62. The number of aryl methyl sites for hydroxylation is 2. The Labute approximate surface area is 146 Å². The van der Waals surface area contributed by atoms with Gasteiger partial charge in [0, 0.05) is 11.9 Å². The summed E-state index contributed by atoms with van der Waals surface area (Å²) >= 11 is 1.59. The molecule has 1 aliphatic rings. The third-order valence-electron chi connectivity index (χ3n) is 4.37. The first-order valence-electron chi connectivity index (χ1n) is 8.43. The normalized spacial score (nSPS) is 14.2. The average molecular weight is 342 g/mol. The molecule has 0 saturated heterocycles. The van der Waals surface area contributed by atoms with Crippen LogP contribution < -0.4 is 10.6 Å². The van der Waals surface area contributed by atoms with Crippen molar-refractivity contribution in [2.24, 2.45) is 0 Å². The summed E-state index contributed by atoms with van der Waals surface area (Å²) in [7, 11) is 1.58. The molecule has 0 saturated carbocycles. The van der Waals surface area contributed by atoms with Gasteiger partial charge in [-0.2, -0.15) is 0 Å². The Morgan fingerprint density at radius 2 is 1.75 bits per heavy atom. The number of carbonyl (C=O) groups excluding carboxylic acids is 2. The first-order valence-corrected chi connectivity index (χ1v) is 9.24. The Balaban J connectivity index is 1.81. The van der Waals surface area contributed by atoms with Crippen LogP contribution in [0.4, 0.5) is 5.69 Å². The molecule has 3 rings (SSSR count). The van der Waals surface area contributed by atoms with Crippen LogP contribution in [-0.4, -0.2) is 18.9 Å². The molecule has 126 valence electrons. The van der Waals surface area contributed by atoms with Crippen LogP contribution in [0.5, 0.6) is 0 Å². The minimum absolute atomic E-state index is 0.136. The third-order valence-corrected chi connectivity index (χ3v) is 5.60. The molecule has 5 heteroatoms. The molecule has 2 N–H and O–H groups in total. The first-order chi connectivity index (χ1) is 11.7. The summed E-state index contributed by atoms with van der Waals surface area (Å²) in [6.45, 7) is 0. The minimum Gasteiger partial charge on any atom is -0.355 e. The fraction of sp³-hybridized carbons (Fsp3) is 0.368. The van der Waals surface area contributed by atoms with Crippen LogP contribution in [0, 0.1) is 0 Å². The number of rotatable bonds is 3. The van der Waals surface area contributed by atoms with E-state index in [-0.39, 0.29) is 11.8 Å². The molecule has 24 heavy (non-hydrogen) atoms. The van der Waals surface area contributed by atoms with Crippen molar-refractivity contribution < 1.29 is 9.59 Å². The largest absolute Gasteiger partial charge is 0.355 e. The van der Waals surface area contributed by atoms with Gasteiger partial charge in [0.15, 0.2) is 0 Å². The van der Waals surface area contributed by atoms with Crippen molar-refractivity contribution in [3.63, 3.8) is 0 Å². The molecule has 0 aliphatic heterocycles. The molecular weight excluding hydrogens is 320 g/mol. The van der Waals surface area contributed by atoms with E-state index in [0.717, 1.165) is 17.7 Å². The van der Waals surface area contributed by atoms with Crippen molar-refractivity contribution in [2.75, 3.05) is 12.4 Å². The van der Waals surface area contributed by atoms with Gasteiger partial charge in [0.1, 0.15) is 0 Å². The Morgan fingerprint density at radius 3 is 2.54 bits per heavy atom. The zero-order valence-electron chi connectivity index (χ0n) is 13.9. The number of hydrogen-bond acceptors (Lipinski definition) is 3. The van der Waals surface area contributed by atoms with E-state index in [1.54, 1.807) is 36.6 Å². The standard InChI is InChI=1S/C19H22N2O2S/c1-20-18(22)14-9-6-7-10-15(14)21-19(23)17-12-13-8-4-2-3-5-11-16(13)24-17/h6-7,9-10,12H,2-5,8,11H2,1H3,(H,20,22)(H,21,23). The maximum absolute atomic E-state index is 12.6. The van der Waals surface area contributed by atoms with Gasteiger partial charge in [0.2, 0.25) is 0 Å². The second-order valence-corrected chi connectivity index (χ2v) is 7.19. The van der Waals surface area contributed by atoms with Gasteiger partial charge in [0.05, 0.1) is 16.1 Å². The number of carbonyl (C=O) groups is 2. The van der Waals surface area contributed by atoms with Crippen molar-refractivity contribution in [1.82, 2.24) is 5.32 Å². The minimum atomic E-state index is -0.204. The first kappa shape index (κ1) is 16.7. The number of anilines is 1. The van der Waals surface area contributed by atoms with Gasteiger partial charge < -0.3 is 10.6 Å². The number of para-hydroxylation sites is 1. The van der Waals surface area contributed by atoms with Crippen molar-refractivity contribution in [2.45, 2.75) is 38.5 Å². The lowest BCUT2D eigenvalue weighted by Gasteiger charge is -2.09. The third kappa shape index (κ3) is 3.67. The van der Waals surface area contributed by atoms with E-state index in [2.05, 4.69) is 10.6 Å². The van der Waals surface area contributed by atoms with Gasteiger partial charge in [-0.25, -0.2) is 0 Å². The lowest BCUT2D eigenvalue weighted by atomic mass is 10.00. The summed E-state index contributed by atoms with van der Waals surface area (Å²) in [6.07, 6.45) is 7.09. The van der Waals surface area contributed by atoms with Crippen LogP contribution in [0.15, 0.2) is 30.3 Å². The van der Waals surface area contributed by atoms with E-state index in [1.165, 1.54) is 36.1 Å². The summed E-state index contributed by atoms with van der Waals surface area (Å²) in [5.74, 6) is -0.340. The summed E-state index contributed by atoms with van der Waals surface area (Å²) in [5, 5.41) is 5.49. The second-order valence-electron chi connectivity index (χ2n) is 6.05. The summed E-state index contributed by atoms with van der Waals surface area (Å²) in [5.41, 5.74) is 2.34. The van der Waals surface area contributed by atoms with Crippen LogP contribution >= 0.6 is 11.3 Å². The number of nitrogens with one attached hydrogen (secondary N) is 2. The van der Waals surface area contributed by atoms with Crippen molar-refractivity contribution >= 4 is 28.8 Å². The molecule has 4 nitrogen and oxygen atoms in total. The van der Waals surface area contributed by atoms with Crippen molar-refractivity contribution in [3.8, 4) is 0 Å². The van der Waals surface area contributed by atoms with Crippen LogP contribution in [0.2, 0.25) is 0 Å². The lowest BCUT2D eigenvalue weighted by Crippen LogP contribution is -2.21. The van der Waals surface area contributed by atoms with Gasteiger partial charge in [-0.3, -0.25) is 9.59 Å². The Kier molecular flexibility index (Phi) is 5.30. The molecule has 1 aromatic heterocycles. The van der Waals surface area contributed by atoms with Gasteiger partial charge in [-0.15, -0.1) is 11.3 Å². The van der Waals surface area contributed by atoms with Crippen molar-refractivity contribution in [1.29, 1.82) is 0 Å². The van der Waals surface area contributed by atoms with E-state index < -0.39 is 0 Å². The van der Waals surface area contributed by atoms with Gasteiger partial charge in [-0.05, 0) is 49.4 Å². The molecule has 2 aromatic rings. The molecule has 1 heterocycles. The molecule has 0 radical (unpaired) electrons. The zero-order chi connectivity index (χ0) is 16.9. The van der Waals surface area contributed by atoms with Crippen LogP contribution in [-0.2, 0) is 12.8 Å². The molecule has 0 spiro atoms. The molecule has 0 atom stereocenters. The summed E-state index contributed by atoms with van der Waals surface area (Å²) < 4.78 is 0. The summed E-state index contributed by atoms with van der Waals surface area (Å²) in [4.78, 5) is 26.6. The van der Waals surface area contributed by atoms with E-state index in [0.29, 0.717) is 11.3 Å². The predicted molar refractivity (Wildman–Crippen MR) is 98.0 cm³/mol. The SMILES string of the molecule is CNC(=O)c1ccccc1NC(=O)c1cc2c(s1)CCCCCC2. The molecule has 0 bridgehead atoms. The molecule has 0 unspecified atom stereocenters. The van der Waals surface area contributed by atoms with Crippen LogP contribution in [0.1, 0.15) is 56.2 Å². The fourth-order valence-electron chi connectivity index (χ4n) is 3.06.